The number of unbranched alkanes of at least 4 members (excludes halogenated alkanes) is 1. The van der Waals surface area contributed by atoms with Gasteiger partial charge in [0.05, 0.1) is 19.2 Å². The Hall–Kier alpha value is -3.08. The standard InChI is InChI=1S/C23H26N2O3/c1-4-5-12-25(23(27)18-10-7-11-20(14-18)28-3)15-19-13-17-9-6-8-16(2)21(17)24-22(19)26/h6-11,13-14H,4-5,12,15H2,1-3H3,(H,24,26). The molecule has 0 radical (unpaired) electrons. The summed E-state index contributed by atoms with van der Waals surface area (Å²) in [5.41, 5.74) is 2.86. The second-order valence-electron chi connectivity index (χ2n) is 6.98. The number of H-pyrrole nitrogens is 1. The summed E-state index contributed by atoms with van der Waals surface area (Å²) in [6.45, 7) is 4.92. The van der Waals surface area contributed by atoms with Crippen LogP contribution in [0.25, 0.3) is 10.9 Å². The minimum atomic E-state index is -0.151. The van der Waals surface area contributed by atoms with Gasteiger partial charge in [0, 0.05) is 17.7 Å². The second-order valence-corrected chi connectivity index (χ2v) is 6.98. The molecule has 0 aliphatic rings. The highest BCUT2D eigenvalue weighted by molar-refractivity contribution is 5.94. The Morgan fingerprint density at radius 2 is 1.93 bits per heavy atom. The zero-order valence-electron chi connectivity index (χ0n) is 16.6. The van der Waals surface area contributed by atoms with Crippen LogP contribution in [0.1, 0.15) is 41.3 Å². The Labute approximate surface area is 165 Å². The molecular formula is C23H26N2O3. The van der Waals surface area contributed by atoms with E-state index in [2.05, 4.69) is 11.9 Å². The molecule has 0 aliphatic heterocycles. The number of hydrogen-bond acceptors (Lipinski definition) is 3. The number of benzene rings is 2. The number of hydrogen-bond donors (Lipinski definition) is 1. The Morgan fingerprint density at radius 1 is 1.14 bits per heavy atom. The van der Waals surface area contributed by atoms with Crippen LogP contribution in [0.4, 0.5) is 0 Å². The summed E-state index contributed by atoms with van der Waals surface area (Å²) in [6.07, 6.45) is 1.84. The molecule has 0 saturated heterocycles. The Balaban J connectivity index is 1.94. The Bertz CT molecular complexity index is 1040. The van der Waals surface area contributed by atoms with Gasteiger partial charge in [0.2, 0.25) is 0 Å². The lowest BCUT2D eigenvalue weighted by atomic mass is 10.1. The van der Waals surface area contributed by atoms with Gasteiger partial charge in [-0.1, -0.05) is 37.6 Å². The van der Waals surface area contributed by atoms with Crippen LogP contribution in [0.2, 0.25) is 0 Å². The summed E-state index contributed by atoms with van der Waals surface area (Å²) in [5, 5.41) is 0.971. The zero-order chi connectivity index (χ0) is 20.1. The first-order valence-corrected chi connectivity index (χ1v) is 9.58. The smallest absolute Gasteiger partial charge is 0.254 e. The quantitative estimate of drug-likeness (QED) is 0.667. The van der Waals surface area contributed by atoms with Crippen molar-refractivity contribution in [3.63, 3.8) is 0 Å². The average Bonchev–Trinajstić information content (AvgIpc) is 2.71. The fraction of sp³-hybridized carbons (Fsp3) is 0.304. The molecule has 0 saturated carbocycles. The van der Waals surface area contributed by atoms with Gasteiger partial charge >= 0.3 is 0 Å². The normalized spacial score (nSPS) is 10.8. The molecule has 5 heteroatoms. The van der Waals surface area contributed by atoms with Crippen molar-refractivity contribution < 1.29 is 9.53 Å². The number of aromatic amines is 1. The molecule has 0 bridgehead atoms. The summed E-state index contributed by atoms with van der Waals surface area (Å²) >= 11 is 0. The fourth-order valence-corrected chi connectivity index (χ4v) is 3.29. The zero-order valence-corrected chi connectivity index (χ0v) is 16.6. The molecule has 3 aromatic rings. The van der Waals surface area contributed by atoms with Crippen molar-refractivity contribution in [2.45, 2.75) is 33.2 Å². The van der Waals surface area contributed by atoms with Crippen LogP contribution in [0.3, 0.4) is 0 Å². The van der Waals surface area contributed by atoms with Gasteiger partial charge in [-0.25, -0.2) is 0 Å². The molecule has 1 aromatic heterocycles. The van der Waals surface area contributed by atoms with Crippen molar-refractivity contribution >= 4 is 16.8 Å². The van der Waals surface area contributed by atoms with Crippen molar-refractivity contribution in [3.05, 3.63) is 75.6 Å². The lowest BCUT2D eigenvalue weighted by Gasteiger charge is -2.23. The number of carbonyl (C=O) groups is 1. The molecule has 28 heavy (non-hydrogen) atoms. The first kappa shape index (κ1) is 19.7. The molecule has 1 amide bonds. The molecule has 146 valence electrons. The summed E-state index contributed by atoms with van der Waals surface area (Å²) in [7, 11) is 1.58. The van der Waals surface area contributed by atoms with Crippen LogP contribution in [0, 0.1) is 6.92 Å². The minimum Gasteiger partial charge on any atom is -0.497 e. The molecule has 1 N–H and O–H groups in total. The van der Waals surface area contributed by atoms with Crippen LogP contribution in [-0.4, -0.2) is 29.4 Å². The number of carbonyl (C=O) groups excluding carboxylic acids is 1. The Kier molecular flexibility index (Phi) is 6.14. The maximum Gasteiger partial charge on any atom is 0.254 e. The van der Waals surface area contributed by atoms with Crippen LogP contribution in [0.15, 0.2) is 53.3 Å². The number of rotatable bonds is 7. The van der Waals surface area contributed by atoms with Gasteiger partial charge < -0.3 is 14.6 Å². The van der Waals surface area contributed by atoms with Gasteiger partial charge in [-0.2, -0.15) is 0 Å². The average molecular weight is 378 g/mol. The van der Waals surface area contributed by atoms with E-state index in [0.717, 1.165) is 29.3 Å². The molecule has 0 atom stereocenters. The van der Waals surface area contributed by atoms with E-state index in [1.807, 2.05) is 37.3 Å². The highest BCUT2D eigenvalue weighted by Gasteiger charge is 2.18. The van der Waals surface area contributed by atoms with Crippen LogP contribution < -0.4 is 10.3 Å². The van der Waals surface area contributed by atoms with E-state index in [9.17, 15) is 9.59 Å². The van der Waals surface area contributed by atoms with E-state index in [0.29, 0.717) is 23.4 Å². The van der Waals surface area contributed by atoms with Gasteiger partial charge in [-0.05, 0) is 48.6 Å². The van der Waals surface area contributed by atoms with Crippen LogP contribution >= 0.6 is 0 Å². The highest BCUT2D eigenvalue weighted by Crippen LogP contribution is 2.18. The summed E-state index contributed by atoms with van der Waals surface area (Å²) < 4.78 is 5.24. The van der Waals surface area contributed by atoms with E-state index < -0.39 is 0 Å². The largest absolute Gasteiger partial charge is 0.497 e. The third kappa shape index (κ3) is 4.25. The minimum absolute atomic E-state index is 0.101. The maximum absolute atomic E-state index is 13.1. The number of nitrogens with one attached hydrogen (secondary N) is 1. The van der Waals surface area contributed by atoms with Crippen molar-refractivity contribution in [3.8, 4) is 5.75 Å². The molecular weight excluding hydrogens is 352 g/mol. The number of methoxy groups -OCH3 is 1. The number of ether oxygens (including phenoxy) is 1. The number of aromatic nitrogens is 1. The predicted molar refractivity (Wildman–Crippen MR) is 112 cm³/mol. The SMILES string of the molecule is CCCCN(Cc1cc2cccc(C)c2[nH]c1=O)C(=O)c1cccc(OC)c1. The fourth-order valence-electron chi connectivity index (χ4n) is 3.29. The van der Waals surface area contributed by atoms with Gasteiger partial charge in [0.25, 0.3) is 11.5 Å². The number of amides is 1. The summed E-state index contributed by atoms with van der Waals surface area (Å²) in [4.78, 5) is 30.5. The molecule has 0 spiro atoms. The summed E-state index contributed by atoms with van der Waals surface area (Å²) in [6, 6.07) is 14.9. The number of aryl methyl sites for hydroxylation is 1. The monoisotopic (exact) mass is 378 g/mol. The second kappa shape index (κ2) is 8.74. The number of nitrogens with zero attached hydrogens (tertiary/aromatic N) is 1. The van der Waals surface area contributed by atoms with Crippen molar-refractivity contribution in [1.29, 1.82) is 0 Å². The predicted octanol–water partition coefficient (Wildman–Crippen LogP) is 4.29. The molecule has 0 aliphatic carbocycles. The van der Waals surface area contributed by atoms with Crippen LogP contribution in [0.5, 0.6) is 5.75 Å². The molecule has 3 rings (SSSR count). The van der Waals surface area contributed by atoms with Crippen molar-refractivity contribution in [2.24, 2.45) is 0 Å². The first-order valence-electron chi connectivity index (χ1n) is 9.58. The van der Waals surface area contributed by atoms with E-state index in [4.69, 9.17) is 4.74 Å². The van der Waals surface area contributed by atoms with E-state index in [1.165, 1.54) is 0 Å². The third-order valence-electron chi connectivity index (χ3n) is 4.91. The number of fused-ring (bicyclic) bond motifs is 1. The lowest BCUT2D eigenvalue weighted by molar-refractivity contribution is 0.0740. The topological polar surface area (TPSA) is 62.4 Å². The number of pyridine rings is 1. The lowest BCUT2D eigenvalue weighted by Crippen LogP contribution is -2.33. The maximum atomic E-state index is 13.1. The molecule has 0 fully saturated rings. The molecule has 0 unspecified atom stereocenters. The summed E-state index contributed by atoms with van der Waals surface area (Å²) in [5.74, 6) is 0.538. The van der Waals surface area contributed by atoms with Crippen LogP contribution in [-0.2, 0) is 6.54 Å². The van der Waals surface area contributed by atoms with Crippen molar-refractivity contribution in [1.82, 2.24) is 9.88 Å². The van der Waals surface area contributed by atoms with Crippen molar-refractivity contribution in [2.75, 3.05) is 13.7 Å². The molecule has 2 aromatic carbocycles. The van der Waals surface area contributed by atoms with Gasteiger partial charge in [-0.15, -0.1) is 0 Å². The molecule has 1 heterocycles. The van der Waals surface area contributed by atoms with Gasteiger partial charge in [0.1, 0.15) is 5.75 Å². The van der Waals surface area contributed by atoms with E-state index in [-0.39, 0.29) is 18.0 Å². The molecule has 5 nitrogen and oxygen atoms in total. The van der Waals surface area contributed by atoms with E-state index in [1.54, 1.807) is 30.2 Å². The van der Waals surface area contributed by atoms with Gasteiger partial charge in [0.15, 0.2) is 0 Å². The van der Waals surface area contributed by atoms with Gasteiger partial charge in [-0.3, -0.25) is 9.59 Å². The number of para-hydroxylation sites is 1. The first-order chi connectivity index (χ1) is 13.5. The highest BCUT2D eigenvalue weighted by atomic mass is 16.5. The Morgan fingerprint density at radius 3 is 2.68 bits per heavy atom. The van der Waals surface area contributed by atoms with E-state index >= 15 is 0 Å². The third-order valence-corrected chi connectivity index (χ3v) is 4.91.